The van der Waals surface area contributed by atoms with Crippen LogP contribution in [-0.2, 0) is 4.74 Å². The summed E-state index contributed by atoms with van der Waals surface area (Å²) in [6.07, 6.45) is 2.49. The first-order valence-electron chi connectivity index (χ1n) is 7.75. The first kappa shape index (κ1) is 16.0. The standard InChI is InChI=1S/C17H19ClN2O3/c1-2-17(6-8-22-9-7-17)19-16(21)14-11-15(23-20-14)12-4-3-5-13(18)10-12/h3-5,10-11H,2,6-9H2,1H3,(H,19,21). The number of hydrogen-bond acceptors (Lipinski definition) is 4. The monoisotopic (exact) mass is 334 g/mol. The van der Waals surface area contributed by atoms with Gasteiger partial charge in [0.1, 0.15) is 0 Å². The molecular formula is C17H19ClN2O3. The van der Waals surface area contributed by atoms with Gasteiger partial charge in [0.05, 0.1) is 0 Å². The molecule has 1 aliphatic rings. The van der Waals surface area contributed by atoms with Crippen molar-refractivity contribution in [2.75, 3.05) is 13.2 Å². The number of hydrogen-bond donors (Lipinski definition) is 1. The molecule has 1 fully saturated rings. The second kappa shape index (κ2) is 6.72. The molecule has 1 N–H and O–H groups in total. The Morgan fingerprint density at radius 1 is 1.35 bits per heavy atom. The summed E-state index contributed by atoms with van der Waals surface area (Å²) in [6, 6.07) is 8.89. The first-order valence-corrected chi connectivity index (χ1v) is 8.13. The topological polar surface area (TPSA) is 64.4 Å². The lowest BCUT2D eigenvalue weighted by Crippen LogP contribution is -2.51. The zero-order chi connectivity index (χ0) is 16.3. The first-order chi connectivity index (χ1) is 11.1. The number of carbonyl (C=O) groups excluding carboxylic acids is 1. The van der Waals surface area contributed by atoms with E-state index >= 15 is 0 Å². The molecule has 3 rings (SSSR count). The Balaban J connectivity index is 1.76. The van der Waals surface area contributed by atoms with Crippen molar-refractivity contribution >= 4 is 17.5 Å². The van der Waals surface area contributed by atoms with E-state index in [0.29, 0.717) is 24.0 Å². The van der Waals surface area contributed by atoms with E-state index < -0.39 is 0 Å². The minimum atomic E-state index is -0.218. The minimum Gasteiger partial charge on any atom is -0.381 e. The highest BCUT2D eigenvalue weighted by molar-refractivity contribution is 6.30. The van der Waals surface area contributed by atoms with Crippen molar-refractivity contribution in [1.82, 2.24) is 10.5 Å². The highest BCUT2D eigenvalue weighted by Crippen LogP contribution is 2.26. The van der Waals surface area contributed by atoms with Crippen LogP contribution in [0.2, 0.25) is 5.02 Å². The molecule has 0 radical (unpaired) electrons. The van der Waals surface area contributed by atoms with E-state index in [4.69, 9.17) is 20.9 Å². The molecule has 122 valence electrons. The van der Waals surface area contributed by atoms with Gasteiger partial charge in [0.25, 0.3) is 5.91 Å². The lowest BCUT2D eigenvalue weighted by molar-refractivity contribution is 0.0343. The van der Waals surface area contributed by atoms with Crippen molar-refractivity contribution in [3.63, 3.8) is 0 Å². The lowest BCUT2D eigenvalue weighted by Gasteiger charge is -2.36. The molecule has 0 spiro atoms. The Kier molecular flexibility index (Phi) is 4.68. The lowest BCUT2D eigenvalue weighted by atomic mass is 9.87. The largest absolute Gasteiger partial charge is 0.381 e. The number of ether oxygens (including phenoxy) is 1. The number of nitrogens with zero attached hydrogens (tertiary/aromatic N) is 1. The second-order valence-corrected chi connectivity index (χ2v) is 6.22. The van der Waals surface area contributed by atoms with Gasteiger partial charge in [-0.1, -0.05) is 35.8 Å². The van der Waals surface area contributed by atoms with Crippen LogP contribution in [-0.4, -0.2) is 29.8 Å². The van der Waals surface area contributed by atoms with E-state index in [2.05, 4.69) is 17.4 Å². The predicted octanol–water partition coefficient (Wildman–Crippen LogP) is 3.68. The molecular weight excluding hydrogens is 316 g/mol. The second-order valence-electron chi connectivity index (χ2n) is 5.79. The number of benzene rings is 1. The van der Waals surface area contributed by atoms with Gasteiger partial charge in [-0.3, -0.25) is 4.79 Å². The number of rotatable bonds is 4. The Morgan fingerprint density at radius 3 is 2.83 bits per heavy atom. The van der Waals surface area contributed by atoms with Crippen molar-refractivity contribution in [2.24, 2.45) is 0 Å². The minimum absolute atomic E-state index is 0.217. The maximum absolute atomic E-state index is 12.5. The average Bonchev–Trinajstić information content (AvgIpc) is 3.06. The molecule has 5 nitrogen and oxygen atoms in total. The van der Waals surface area contributed by atoms with Gasteiger partial charge in [-0.2, -0.15) is 0 Å². The molecule has 0 atom stereocenters. The smallest absolute Gasteiger partial charge is 0.273 e. The Morgan fingerprint density at radius 2 is 2.13 bits per heavy atom. The van der Waals surface area contributed by atoms with Crippen molar-refractivity contribution < 1.29 is 14.1 Å². The molecule has 23 heavy (non-hydrogen) atoms. The Bertz CT molecular complexity index is 693. The fraction of sp³-hybridized carbons (Fsp3) is 0.412. The normalized spacial score (nSPS) is 17.0. The third kappa shape index (κ3) is 3.57. The number of amides is 1. The molecule has 0 aliphatic carbocycles. The maximum Gasteiger partial charge on any atom is 0.273 e. The summed E-state index contributed by atoms with van der Waals surface area (Å²) < 4.78 is 10.7. The van der Waals surface area contributed by atoms with E-state index in [1.807, 2.05) is 12.1 Å². The molecule has 2 heterocycles. The fourth-order valence-electron chi connectivity index (χ4n) is 2.79. The summed E-state index contributed by atoms with van der Waals surface area (Å²) in [5, 5.41) is 7.61. The molecule has 0 saturated carbocycles. The van der Waals surface area contributed by atoms with E-state index in [0.717, 1.165) is 24.8 Å². The average molecular weight is 335 g/mol. The van der Waals surface area contributed by atoms with Crippen LogP contribution in [0.3, 0.4) is 0 Å². The third-order valence-electron chi connectivity index (χ3n) is 4.36. The molecule has 1 saturated heterocycles. The van der Waals surface area contributed by atoms with Crippen LogP contribution in [0.15, 0.2) is 34.9 Å². The van der Waals surface area contributed by atoms with Crippen LogP contribution in [0.1, 0.15) is 36.7 Å². The zero-order valence-corrected chi connectivity index (χ0v) is 13.7. The summed E-state index contributed by atoms with van der Waals surface area (Å²) in [5.41, 5.74) is 0.851. The molecule has 1 aliphatic heterocycles. The fourth-order valence-corrected chi connectivity index (χ4v) is 2.98. The molecule has 0 bridgehead atoms. The number of aromatic nitrogens is 1. The predicted molar refractivity (Wildman–Crippen MR) is 87.5 cm³/mol. The Labute approximate surface area is 139 Å². The van der Waals surface area contributed by atoms with Gasteiger partial charge < -0.3 is 14.6 Å². The van der Waals surface area contributed by atoms with E-state index in [-0.39, 0.29) is 17.1 Å². The van der Waals surface area contributed by atoms with Crippen molar-refractivity contribution in [1.29, 1.82) is 0 Å². The quantitative estimate of drug-likeness (QED) is 0.926. The molecule has 0 unspecified atom stereocenters. The van der Waals surface area contributed by atoms with E-state index in [1.54, 1.807) is 18.2 Å². The van der Waals surface area contributed by atoms with Crippen LogP contribution < -0.4 is 5.32 Å². The van der Waals surface area contributed by atoms with E-state index in [1.165, 1.54) is 0 Å². The van der Waals surface area contributed by atoms with Crippen molar-refractivity contribution in [3.8, 4) is 11.3 Å². The number of carbonyl (C=O) groups is 1. The third-order valence-corrected chi connectivity index (χ3v) is 4.59. The van der Waals surface area contributed by atoms with Crippen LogP contribution in [0.25, 0.3) is 11.3 Å². The molecule has 1 amide bonds. The summed E-state index contributed by atoms with van der Waals surface area (Å²) in [6.45, 7) is 3.41. The molecule has 2 aromatic rings. The van der Waals surface area contributed by atoms with Crippen LogP contribution in [0, 0.1) is 0 Å². The maximum atomic E-state index is 12.5. The molecule has 6 heteroatoms. The number of halogens is 1. The Hall–Kier alpha value is -1.85. The van der Waals surface area contributed by atoms with Crippen LogP contribution in [0.4, 0.5) is 0 Å². The number of nitrogens with one attached hydrogen (secondary N) is 1. The highest BCUT2D eigenvalue weighted by atomic mass is 35.5. The summed E-state index contributed by atoms with van der Waals surface area (Å²) >= 11 is 5.98. The summed E-state index contributed by atoms with van der Waals surface area (Å²) in [7, 11) is 0. The molecule has 1 aromatic heterocycles. The highest BCUT2D eigenvalue weighted by Gasteiger charge is 2.33. The van der Waals surface area contributed by atoms with Gasteiger partial charge in [-0.05, 0) is 31.4 Å². The van der Waals surface area contributed by atoms with Gasteiger partial charge in [-0.15, -0.1) is 0 Å². The van der Waals surface area contributed by atoms with Gasteiger partial charge in [-0.25, -0.2) is 0 Å². The summed E-state index contributed by atoms with van der Waals surface area (Å²) in [4.78, 5) is 12.5. The van der Waals surface area contributed by atoms with Gasteiger partial charge in [0, 0.05) is 35.4 Å². The van der Waals surface area contributed by atoms with Crippen molar-refractivity contribution in [2.45, 2.75) is 31.7 Å². The van der Waals surface area contributed by atoms with Crippen molar-refractivity contribution in [3.05, 3.63) is 41.0 Å². The summed E-state index contributed by atoms with van der Waals surface area (Å²) in [5.74, 6) is 0.306. The van der Waals surface area contributed by atoms with E-state index in [9.17, 15) is 4.79 Å². The van der Waals surface area contributed by atoms with Gasteiger partial charge in [0.2, 0.25) is 0 Å². The van der Waals surface area contributed by atoms with Gasteiger partial charge in [0.15, 0.2) is 11.5 Å². The van der Waals surface area contributed by atoms with Crippen LogP contribution >= 0.6 is 11.6 Å². The van der Waals surface area contributed by atoms with Crippen LogP contribution in [0.5, 0.6) is 0 Å². The SMILES string of the molecule is CCC1(NC(=O)c2cc(-c3cccc(Cl)c3)on2)CCOCC1. The van der Waals surface area contributed by atoms with Gasteiger partial charge >= 0.3 is 0 Å². The zero-order valence-electron chi connectivity index (χ0n) is 13.0. The molecule has 1 aromatic carbocycles.